The first-order chi connectivity index (χ1) is 9.31. The molecule has 0 fully saturated rings. The van der Waals surface area contributed by atoms with Crippen molar-refractivity contribution in [2.24, 2.45) is 0 Å². The summed E-state index contributed by atoms with van der Waals surface area (Å²) in [6, 6.07) is 13.4. The van der Waals surface area contributed by atoms with E-state index in [1.807, 2.05) is 11.3 Å². The van der Waals surface area contributed by atoms with Crippen molar-refractivity contribution in [1.29, 1.82) is 0 Å². The van der Waals surface area contributed by atoms with Crippen LogP contribution >= 0.6 is 27.3 Å². The van der Waals surface area contributed by atoms with Crippen LogP contribution in [0.5, 0.6) is 0 Å². The van der Waals surface area contributed by atoms with Crippen LogP contribution in [0.4, 0.5) is 0 Å². The van der Waals surface area contributed by atoms with Gasteiger partial charge in [0.25, 0.3) is 0 Å². The van der Waals surface area contributed by atoms with Crippen molar-refractivity contribution in [2.75, 3.05) is 6.54 Å². The molecule has 1 atom stereocenters. The summed E-state index contributed by atoms with van der Waals surface area (Å²) in [4.78, 5) is 1.44. The Morgan fingerprint density at radius 2 is 2.00 bits per heavy atom. The van der Waals surface area contributed by atoms with Gasteiger partial charge in [-0.2, -0.15) is 0 Å². The van der Waals surface area contributed by atoms with Crippen LogP contribution in [-0.2, 0) is 6.42 Å². The molecule has 1 aromatic heterocycles. The van der Waals surface area contributed by atoms with E-state index < -0.39 is 0 Å². The highest BCUT2D eigenvalue weighted by Crippen LogP contribution is 2.27. The smallest absolute Gasteiger partial charge is 0.0323 e. The van der Waals surface area contributed by atoms with Gasteiger partial charge >= 0.3 is 0 Å². The molecule has 1 heterocycles. The molecular weight excluding hydrogens is 318 g/mol. The van der Waals surface area contributed by atoms with E-state index in [9.17, 15) is 0 Å². The molecule has 0 aliphatic heterocycles. The first kappa shape index (κ1) is 14.8. The van der Waals surface area contributed by atoms with Gasteiger partial charge in [0.15, 0.2) is 0 Å². The van der Waals surface area contributed by atoms with Gasteiger partial charge < -0.3 is 5.32 Å². The Labute approximate surface area is 128 Å². The second kappa shape index (κ2) is 7.83. The van der Waals surface area contributed by atoms with Crippen LogP contribution in [0, 0.1) is 0 Å². The molecule has 0 aliphatic carbocycles. The van der Waals surface area contributed by atoms with Crippen molar-refractivity contribution >= 4 is 27.3 Å². The number of aryl methyl sites for hydroxylation is 1. The normalized spacial score (nSPS) is 12.5. The van der Waals surface area contributed by atoms with E-state index in [-0.39, 0.29) is 0 Å². The monoisotopic (exact) mass is 337 g/mol. The summed E-state index contributed by atoms with van der Waals surface area (Å²) in [5.41, 5.74) is 1.39. The van der Waals surface area contributed by atoms with Gasteiger partial charge in [-0.15, -0.1) is 11.3 Å². The Morgan fingerprint density at radius 3 is 2.63 bits per heavy atom. The third kappa shape index (κ3) is 4.44. The number of hydrogen-bond acceptors (Lipinski definition) is 2. The van der Waals surface area contributed by atoms with Gasteiger partial charge in [0.05, 0.1) is 0 Å². The molecule has 19 heavy (non-hydrogen) atoms. The molecule has 1 aromatic carbocycles. The van der Waals surface area contributed by atoms with Crippen molar-refractivity contribution in [2.45, 2.75) is 32.2 Å². The van der Waals surface area contributed by atoms with E-state index in [2.05, 4.69) is 69.9 Å². The lowest BCUT2D eigenvalue weighted by molar-refractivity contribution is 0.500. The van der Waals surface area contributed by atoms with E-state index in [4.69, 9.17) is 0 Å². The van der Waals surface area contributed by atoms with Crippen molar-refractivity contribution in [3.8, 4) is 0 Å². The molecule has 0 bridgehead atoms. The highest BCUT2D eigenvalue weighted by molar-refractivity contribution is 9.10. The molecule has 102 valence electrons. The third-order valence-corrected chi connectivity index (χ3v) is 5.18. The minimum Gasteiger partial charge on any atom is -0.310 e. The fraction of sp³-hybridized carbons (Fsp3) is 0.375. The minimum absolute atomic E-state index is 0.454. The van der Waals surface area contributed by atoms with E-state index in [1.165, 1.54) is 21.3 Å². The van der Waals surface area contributed by atoms with Crippen molar-refractivity contribution in [3.63, 3.8) is 0 Å². The predicted octanol–water partition coefficient (Wildman–Crippen LogP) is 5.18. The van der Waals surface area contributed by atoms with Crippen molar-refractivity contribution in [1.82, 2.24) is 5.32 Å². The number of hydrogen-bond donors (Lipinski definition) is 1. The summed E-state index contributed by atoms with van der Waals surface area (Å²) in [5.74, 6) is 0. The molecule has 3 heteroatoms. The minimum atomic E-state index is 0.454. The fourth-order valence-electron chi connectivity index (χ4n) is 2.17. The Balaban J connectivity index is 2.00. The Bertz CT molecular complexity index is 481. The lowest BCUT2D eigenvalue weighted by atomic mass is 10.0. The molecule has 0 spiro atoms. The number of thiophene rings is 1. The zero-order chi connectivity index (χ0) is 13.5. The maximum absolute atomic E-state index is 3.66. The van der Waals surface area contributed by atoms with Gasteiger partial charge in [-0.25, -0.2) is 0 Å². The average molecular weight is 338 g/mol. The zero-order valence-electron chi connectivity index (χ0n) is 11.2. The first-order valence-electron chi connectivity index (χ1n) is 6.81. The Morgan fingerprint density at radius 1 is 1.21 bits per heavy atom. The van der Waals surface area contributed by atoms with Crippen LogP contribution in [-0.4, -0.2) is 6.54 Å². The summed E-state index contributed by atoms with van der Waals surface area (Å²) in [7, 11) is 0. The molecule has 0 saturated carbocycles. The van der Waals surface area contributed by atoms with E-state index in [1.54, 1.807) is 0 Å². The summed E-state index contributed by atoms with van der Waals surface area (Å²) in [5, 5.41) is 5.81. The zero-order valence-corrected chi connectivity index (χ0v) is 13.6. The van der Waals surface area contributed by atoms with Crippen LogP contribution in [0.2, 0.25) is 0 Å². The highest BCUT2D eigenvalue weighted by atomic mass is 79.9. The molecule has 1 N–H and O–H groups in total. The van der Waals surface area contributed by atoms with Crippen LogP contribution in [0.15, 0.2) is 46.3 Å². The molecule has 1 nitrogen and oxygen atoms in total. The van der Waals surface area contributed by atoms with Gasteiger partial charge in [-0.3, -0.25) is 0 Å². The van der Waals surface area contributed by atoms with Gasteiger partial charge in [0.1, 0.15) is 0 Å². The Hall–Kier alpha value is -0.640. The second-order valence-electron chi connectivity index (χ2n) is 4.65. The van der Waals surface area contributed by atoms with Crippen LogP contribution < -0.4 is 5.32 Å². The van der Waals surface area contributed by atoms with Crippen LogP contribution in [0.25, 0.3) is 0 Å². The molecule has 0 aliphatic rings. The third-order valence-electron chi connectivity index (χ3n) is 3.19. The molecule has 1 unspecified atom stereocenters. The van der Waals surface area contributed by atoms with E-state index in [0.717, 1.165) is 19.4 Å². The lowest BCUT2D eigenvalue weighted by Gasteiger charge is -2.18. The standard InChI is InChI=1S/C16H20BrNS/c1-2-11-18-15(13-6-4-3-5-7-13)8-9-16-14(17)10-12-19-16/h3-7,10,12,15,18H,2,8-9,11H2,1H3. The van der Waals surface area contributed by atoms with Crippen LogP contribution in [0.1, 0.15) is 36.2 Å². The average Bonchev–Trinajstić information content (AvgIpc) is 2.85. The maximum Gasteiger partial charge on any atom is 0.0323 e. The lowest BCUT2D eigenvalue weighted by Crippen LogP contribution is -2.22. The Kier molecular flexibility index (Phi) is 6.08. The number of benzene rings is 1. The molecule has 0 amide bonds. The molecule has 0 radical (unpaired) electrons. The maximum atomic E-state index is 3.66. The van der Waals surface area contributed by atoms with E-state index in [0.29, 0.717) is 6.04 Å². The summed E-state index contributed by atoms with van der Waals surface area (Å²) in [6.45, 7) is 3.29. The first-order valence-corrected chi connectivity index (χ1v) is 8.48. The van der Waals surface area contributed by atoms with Crippen LogP contribution in [0.3, 0.4) is 0 Å². The summed E-state index contributed by atoms with van der Waals surface area (Å²) < 4.78 is 1.25. The molecule has 0 saturated heterocycles. The SMILES string of the molecule is CCCNC(CCc1sccc1Br)c1ccccc1. The van der Waals surface area contributed by atoms with Crippen molar-refractivity contribution in [3.05, 3.63) is 56.7 Å². The van der Waals surface area contributed by atoms with Gasteiger partial charge in [-0.1, -0.05) is 37.3 Å². The number of nitrogens with one attached hydrogen (secondary N) is 1. The summed E-state index contributed by atoms with van der Waals surface area (Å²) >= 11 is 5.45. The summed E-state index contributed by atoms with van der Waals surface area (Å²) in [6.07, 6.45) is 3.43. The molecule has 2 rings (SSSR count). The highest BCUT2D eigenvalue weighted by Gasteiger charge is 2.11. The van der Waals surface area contributed by atoms with Gasteiger partial charge in [0, 0.05) is 15.4 Å². The fourth-order valence-corrected chi connectivity index (χ4v) is 3.74. The number of halogens is 1. The van der Waals surface area contributed by atoms with Gasteiger partial charge in [0.2, 0.25) is 0 Å². The predicted molar refractivity (Wildman–Crippen MR) is 87.8 cm³/mol. The molecule has 2 aromatic rings. The molecular formula is C16H20BrNS. The van der Waals surface area contributed by atoms with Gasteiger partial charge in [-0.05, 0) is 58.7 Å². The van der Waals surface area contributed by atoms with E-state index >= 15 is 0 Å². The second-order valence-corrected chi connectivity index (χ2v) is 6.50. The number of rotatable bonds is 7. The largest absolute Gasteiger partial charge is 0.310 e. The quantitative estimate of drug-likeness (QED) is 0.733. The topological polar surface area (TPSA) is 12.0 Å². The van der Waals surface area contributed by atoms with Crippen molar-refractivity contribution < 1.29 is 0 Å².